The lowest BCUT2D eigenvalue weighted by Gasteiger charge is -2.35. The van der Waals surface area contributed by atoms with Crippen LogP contribution in [0.15, 0.2) is 0 Å². The maximum absolute atomic E-state index is 11.2. The van der Waals surface area contributed by atoms with Crippen molar-refractivity contribution in [3.8, 4) is 0 Å². The van der Waals surface area contributed by atoms with E-state index in [0.29, 0.717) is 6.04 Å². The summed E-state index contributed by atoms with van der Waals surface area (Å²) < 4.78 is 0. The fourth-order valence-corrected chi connectivity index (χ4v) is 2.54. The molecule has 1 aliphatic rings. The normalized spacial score (nSPS) is 19.9. The average molecular weight is 227 g/mol. The Morgan fingerprint density at radius 3 is 2.50 bits per heavy atom. The van der Waals surface area contributed by atoms with Crippen LogP contribution in [0.2, 0.25) is 0 Å². The zero-order valence-corrected chi connectivity index (χ0v) is 10.5. The molecule has 4 heteroatoms. The summed E-state index contributed by atoms with van der Waals surface area (Å²) in [6.45, 7) is 3.89. The number of likely N-dealkylation sites (N-methyl/N-ethyl adjacent to an activating group) is 2. The van der Waals surface area contributed by atoms with E-state index in [-0.39, 0.29) is 11.9 Å². The second kappa shape index (κ2) is 6.86. The minimum Gasteiger partial charge on any atom is -0.368 e. The Labute approximate surface area is 98.6 Å². The molecule has 1 fully saturated rings. The van der Waals surface area contributed by atoms with Gasteiger partial charge in [0.05, 0.1) is 6.04 Å². The number of rotatable bonds is 6. The quantitative estimate of drug-likeness (QED) is 0.703. The van der Waals surface area contributed by atoms with Gasteiger partial charge in [0.1, 0.15) is 0 Å². The summed E-state index contributed by atoms with van der Waals surface area (Å²) in [5.41, 5.74) is 5.35. The van der Waals surface area contributed by atoms with Gasteiger partial charge in [-0.25, -0.2) is 0 Å². The predicted molar refractivity (Wildman–Crippen MR) is 66.2 cm³/mol. The fraction of sp³-hybridized carbons (Fsp3) is 0.917. The van der Waals surface area contributed by atoms with Crippen LogP contribution in [0.25, 0.3) is 0 Å². The Hall–Kier alpha value is -0.610. The van der Waals surface area contributed by atoms with Crippen molar-refractivity contribution in [2.75, 3.05) is 20.1 Å². The number of carbonyl (C=O) groups excluding carboxylic acids is 1. The van der Waals surface area contributed by atoms with Gasteiger partial charge in [-0.2, -0.15) is 0 Å². The van der Waals surface area contributed by atoms with E-state index in [1.165, 1.54) is 32.1 Å². The van der Waals surface area contributed by atoms with Crippen LogP contribution in [0.1, 0.15) is 39.0 Å². The minimum atomic E-state index is -0.253. The van der Waals surface area contributed by atoms with Crippen LogP contribution in [0, 0.1) is 0 Å². The third kappa shape index (κ3) is 3.76. The number of carbonyl (C=O) groups is 1. The third-order valence-corrected chi connectivity index (χ3v) is 3.61. The summed E-state index contributed by atoms with van der Waals surface area (Å²) in [4.78, 5) is 13.6. The summed E-state index contributed by atoms with van der Waals surface area (Å²) in [6.07, 6.45) is 6.54. The summed E-state index contributed by atoms with van der Waals surface area (Å²) in [5, 5.41) is 2.99. The predicted octanol–water partition coefficient (Wildman–Crippen LogP) is 0.714. The maximum Gasteiger partial charge on any atom is 0.235 e. The molecule has 1 unspecified atom stereocenters. The highest BCUT2D eigenvalue weighted by molar-refractivity contribution is 5.80. The standard InChI is InChI=1S/C12H25N3O/c1-3-15(9-11(14-2)12(13)16)10-7-5-4-6-8-10/h10-11,14H,3-9H2,1-2H3,(H2,13,16). The molecular formula is C12H25N3O. The van der Waals surface area contributed by atoms with Crippen LogP contribution >= 0.6 is 0 Å². The molecule has 16 heavy (non-hydrogen) atoms. The zero-order valence-electron chi connectivity index (χ0n) is 10.5. The van der Waals surface area contributed by atoms with Crippen molar-refractivity contribution in [3.63, 3.8) is 0 Å². The molecule has 0 saturated heterocycles. The second-order valence-electron chi connectivity index (χ2n) is 4.62. The van der Waals surface area contributed by atoms with Gasteiger partial charge in [-0.3, -0.25) is 9.69 Å². The molecule has 0 aromatic heterocycles. The Balaban J connectivity index is 2.48. The maximum atomic E-state index is 11.2. The number of nitrogens with two attached hydrogens (primary N) is 1. The summed E-state index contributed by atoms with van der Waals surface area (Å²) >= 11 is 0. The van der Waals surface area contributed by atoms with Crippen LogP contribution in [0.5, 0.6) is 0 Å². The number of primary amides is 1. The molecule has 0 radical (unpaired) electrons. The number of hydrogen-bond donors (Lipinski definition) is 2. The zero-order chi connectivity index (χ0) is 12.0. The molecule has 0 spiro atoms. The highest BCUT2D eigenvalue weighted by atomic mass is 16.1. The second-order valence-corrected chi connectivity index (χ2v) is 4.62. The van der Waals surface area contributed by atoms with Crippen LogP contribution in [-0.4, -0.2) is 43.0 Å². The van der Waals surface area contributed by atoms with Gasteiger partial charge in [0.25, 0.3) is 0 Å². The first kappa shape index (κ1) is 13.5. The summed E-state index contributed by atoms with van der Waals surface area (Å²) in [6, 6.07) is 0.427. The van der Waals surface area contributed by atoms with Crippen LogP contribution in [0.4, 0.5) is 0 Å². The molecule has 0 aromatic rings. The molecule has 0 aromatic carbocycles. The molecule has 4 nitrogen and oxygen atoms in total. The topological polar surface area (TPSA) is 58.4 Å². The molecule has 1 aliphatic carbocycles. The van der Waals surface area contributed by atoms with E-state index in [2.05, 4.69) is 17.1 Å². The van der Waals surface area contributed by atoms with E-state index in [1.807, 2.05) is 0 Å². The smallest absolute Gasteiger partial charge is 0.235 e. The van der Waals surface area contributed by atoms with Crippen molar-refractivity contribution >= 4 is 5.91 Å². The van der Waals surface area contributed by atoms with Gasteiger partial charge in [0, 0.05) is 12.6 Å². The van der Waals surface area contributed by atoms with Gasteiger partial charge in [0.2, 0.25) is 5.91 Å². The van der Waals surface area contributed by atoms with E-state index in [1.54, 1.807) is 7.05 Å². The fourth-order valence-electron chi connectivity index (χ4n) is 2.54. The van der Waals surface area contributed by atoms with Gasteiger partial charge in [-0.1, -0.05) is 26.2 Å². The van der Waals surface area contributed by atoms with Crippen LogP contribution in [-0.2, 0) is 4.79 Å². The Kier molecular flexibility index (Phi) is 5.77. The lowest BCUT2D eigenvalue weighted by atomic mass is 9.94. The first-order valence-corrected chi connectivity index (χ1v) is 6.39. The van der Waals surface area contributed by atoms with Gasteiger partial charge in [0.15, 0.2) is 0 Å². The van der Waals surface area contributed by atoms with Crippen LogP contribution < -0.4 is 11.1 Å². The van der Waals surface area contributed by atoms with Gasteiger partial charge >= 0.3 is 0 Å². The Bertz CT molecular complexity index is 214. The third-order valence-electron chi connectivity index (χ3n) is 3.61. The van der Waals surface area contributed by atoms with Crippen molar-refractivity contribution in [2.45, 2.75) is 51.1 Å². The molecule has 0 aliphatic heterocycles. The Morgan fingerprint density at radius 1 is 1.44 bits per heavy atom. The van der Waals surface area contributed by atoms with E-state index < -0.39 is 0 Å². The SMILES string of the molecule is CCN(CC(NC)C(N)=O)C1CCCCC1. The summed E-state index contributed by atoms with van der Waals surface area (Å²) in [7, 11) is 1.80. The number of nitrogens with one attached hydrogen (secondary N) is 1. The largest absolute Gasteiger partial charge is 0.368 e. The Morgan fingerprint density at radius 2 is 2.06 bits per heavy atom. The average Bonchev–Trinajstić information content (AvgIpc) is 2.31. The lowest BCUT2D eigenvalue weighted by Crippen LogP contribution is -2.50. The molecule has 0 bridgehead atoms. The van der Waals surface area contributed by atoms with Crippen molar-refractivity contribution in [3.05, 3.63) is 0 Å². The van der Waals surface area contributed by atoms with E-state index >= 15 is 0 Å². The molecule has 1 rings (SSSR count). The molecule has 3 N–H and O–H groups in total. The first-order valence-electron chi connectivity index (χ1n) is 6.39. The molecule has 0 heterocycles. The van der Waals surface area contributed by atoms with Crippen molar-refractivity contribution < 1.29 is 4.79 Å². The molecule has 1 saturated carbocycles. The van der Waals surface area contributed by atoms with E-state index in [9.17, 15) is 4.79 Å². The molecule has 1 atom stereocenters. The highest BCUT2D eigenvalue weighted by Gasteiger charge is 2.24. The van der Waals surface area contributed by atoms with E-state index in [0.717, 1.165) is 13.1 Å². The molecule has 1 amide bonds. The van der Waals surface area contributed by atoms with Crippen molar-refractivity contribution in [2.24, 2.45) is 5.73 Å². The monoisotopic (exact) mass is 227 g/mol. The molecular weight excluding hydrogens is 202 g/mol. The van der Waals surface area contributed by atoms with Crippen molar-refractivity contribution in [1.82, 2.24) is 10.2 Å². The number of nitrogens with zero attached hydrogens (tertiary/aromatic N) is 1. The van der Waals surface area contributed by atoms with Crippen LogP contribution in [0.3, 0.4) is 0 Å². The number of amides is 1. The van der Waals surface area contributed by atoms with Gasteiger partial charge in [-0.15, -0.1) is 0 Å². The highest BCUT2D eigenvalue weighted by Crippen LogP contribution is 2.22. The van der Waals surface area contributed by atoms with E-state index in [4.69, 9.17) is 5.73 Å². The first-order chi connectivity index (χ1) is 7.69. The van der Waals surface area contributed by atoms with Gasteiger partial charge in [-0.05, 0) is 26.4 Å². The molecule has 94 valence electrons. The lowest BCUT2D eigenvalue weighted by molar-refractivity contribution is -0.120. The van der Waals surface area contributed by atoms with Crippen molar-refractivity contribution in [1.29, 1.82) is 0 Å². The number of hydrogen-bond acceptors (Lipinski definition) is 3. The van der Waals surface area contributed by atoms with Gasteiger partial charge < -0.3 is 11.1 Å². The summed E-state index contributed by atoms with van der Waals surface area (Å²) in [5.74, 6) is -0.253. The minimum absolute atomic E-state index is 0.220.